The summed E-state index contributed by atoms with van der Waals surface area (Å²) >= 11 is 0. The maximum absolute atomic E-state index is 10.9. The van der Waals surface area contributed by atoms with Gasteiger partial charge in [0, 0.05) is 0 Å². The number of hydrogen-bond acceptors (Lipinski definition) is 4. The van der Waals surface area contributed by atoms with Gasteiger partial charge >= 0.3 is 40.0 Å². The van der Waals surface area contributed by atoms with Crippen LogP contribution in [0.25, 0.3) is 0 Å². The summed E-state index contributed by atoms with van der Waals surface area (Å²) in [5.41, 5.74) is 0. The van der Waals surface area contributed by atoms with Gasteiger partial charge < -0.3 is 1.43 Å². The Morgan fingerprint density at radius 2 is 2.00 bits per heavy atom. The minimum Gasteiger partial charge on any atom is -1.00 e. The molecule has 0 rings (SSSR count). The van der Waals surface area contributed by atoms with Crippen LogP contribution in [0.2, 0.25) is 0 Å². The Bertz CT molecular complexity index is 231. The molecule has 6 heteroatoms. The second kappa shape index (κ2) is 10.1. The van der Waals surface area contributed by atoms with Crippen LogP contribution >= 0.6 is 0 Å². The van der Waals surface area contributed by atoms with Crippen molar-refractivity contribution in [1.29, 1.82) is 0 Å². The van der Waals surface area contributed by atoms with Gasteiger partial charge in [0.1, 0.15) is 0 Å². The molecule has 0 aromatic carbocycles. The van der Waals surface area contributed by atoms with Crippen LogP contribution in [0.3, 0.4) is 0 Å². The molecule has 0 amide bonds. The molecule has 0 aliphatic heterocycles. The average Bonchev–Trinajstić information content (AvgIpc) is 2.09. The summed E-state index contributed by atoms with van der Waals surface area (Å²) in [5.74, 6) is 0. The minimum atomic E-state index is -3.80. The van der Waals surface area contributed by atoms with Crippen molar-refractivity contribution >= 4 is 10.4 Å². The maximum Gasteiger partial charge on any atom is 1.00 e. The Morgan fingerprint density at radius 3 is 2.50 bits per heavy atom. The molecular formula is C8H17NaO4S. The zero-order chi connectivity index (χ0) is 10.2. The van der Waals surface area contributed by atoms with Gasteiger partial charge in [-0.15, -0.1) is 6.58 Å². The van der Waals surface area contributed by atoms with Gasteiger partial charge in [-0.3, -0.25) is 0 Å². The van der Waals surface area contributed by atoms with Crippen molar-refractivity contribution in [1.82, 2.24) is 0 Å². The quantitative estimate of drug-likeness (QED) is 0.298. The Hall–Kier alpha value is 0.610. The molecule has 0 radical (unpaired) electrons. The smallest absolute Gasteiger partial charge is 1.00 e. The first-order valence-corrected chi connectivity index (χ1v) is 5.60. The van der Waals surface area contributed by atoms with E-state index in [9.17, 15) is 8.42 Å². The summed E-state index contributed by atoms with van der Waals surface area (Å²) in [6, 6.07) is 0. The maximum atomic E-state index is 10.9. The average molecular weight is 232 g/mol. The number of unbranched alkanes of at least 4 members (excludes halogenated alkanes) is 2. The largest absolute Gasteiger partial charge is 1.00 e. The topological polar surface area (TPSA) is 52.6 Å². The molecule has 0 unspecified atom stereocenters. The van der Waals surface area contributed by atoms with Crippen molar-refractivity contribution < 1.29 is 47.8 Å². The van der Waals surface area contributed by atoms with Crippen LogP contribution in [0.15, 0.2) is 12.7 Å². The summed E-state index contributed by atoms with van der Waals surface area (Å²) in [6.07, 6.45) is 4.06. The van der Waals surface area contributed by atoms with Gasteiger partial charge in [0.05, 0.1) is 13.2 Å². The first-order valence-electron chi connectivity index (χ1n) is 4.27. The molecule has 0 aromatic rings. The van der Waals surface area contributed by atoms with E-state index in [0.717, 1.165) is 19.3 Å². The predicted molar refractivity (Wildman–Crippen MR) is 51.7 cm³/mol. The van der Waals surface area contributed by atoms with Gasteiger partial charge in [-0.2, -0.15) is 8.42 Å². The Labute approximate surface area is 110 Å². The second-order valence-electron chi connectivity index (χ2n) is 2.51. The second-order valence-corrected chi connectivity index (χ2v) is 3.80. The van der Waals surface area contributed by atoms with Crippen molar-refractivity contribution in [3.8, 4) is 0 Å². The number of hydrogen-bond donors (Lipinski definition) is 0. The van der Waals surface area contributed by atoms with Crippen molar-refractivity contribution in [2.75, 3.05) is 13.2 Å². The summed E-state index contributed by atoms with van der Waals surface area (Å²) in [4.78, 5) is 0. The van der Waals surface area contributed by atoms with E-state index in [1.165, 1.54) is 6.08 Å². The third kappa shape index (κ3) is 10.7. The van der Waals surface area contributed by atoms with Gasteiger partial charge in [-0.25, -0.2) is 8.37 Å². The van der Waals surface area contributed by atoms with E-state index in [-0.39, 0.29) is 44.2 Å². The first kappa shape index (κ1) is 17.0. The van der Waals surface area contributed by atoms with Crippen LogP contribution in [0.4, 0.5) is 0 Å². The monoisotopic (exact) mass is 232 g/mol. The standard InChI is InChI=1S/C8H16O4S.Na.H/c1-3-5-6-8-12-13(9,10)11-7-4-2;;/h4H,2-3,5-8H2,1H3;;/q;+1;-1. The fourth-order valence-electron chi connectivity index (χ4n) is 0.679. The SMILES string of the molecule is C=CCOS(=O)(=O)OCCCCC.[H-].[Na+]. The van der Waals surface area contributed by atoms with E-state index in [1.54, 1.807) is 0 Å². The third-order valence-electron chi connectivity index (χ3n) is 1.31. The van der Waals surface area contributed by atoms with E-state index < -0.39 is 10.4 Å². The molecule has 0 saturated heterocycles. The summed E-state index contributed by atoms with van der Waals surface area (Å²) in [5, 5.41) is 0. The number of rotatable bonds is 8. The van der Waals surface area contributed by atoms with Crippen LogP contribution < -0.4 is 29.6 Å². The Morgan fingerprint density at radius 1 is 1.36 bits per heavy atom. The van der Waals surface area contributed by atoms with Crippen LogP contribution in [0.1, 0.15) is 27.6 Å². The van der Waals surface area contributed by atoms with Crippen molar-refractivity contribution in [3.63, 3.8) is 0 Å². The molecule has 0 aromatic heterocycles. The molecule has 0 spiro atoms. The van der Waals surface area contributed by atoms with Gasteiger partial charge in [-0.05, 0) is 6.42 Å². The van der Waals surface area contributed by atoms with Gasteiger partial charge in [-0.1, -0.05) is 25.8 Å². The Kier molecular flexibility index (Phi) is 12.3. The molecule has 80 valence electrons. The van der Waals surface area contributed by atoms with E-state index in [2.05, 4.69) is 14.9 Å². The predicted octanol–water partition coefficient (Wildman–Crippen LogP) is -1.24. The van der Waals surface area contributed by atoms with E-state index in [4.69, 9.17) is 0 Å². The molecule has 0 aliphatic carbocycles. The van der Waals surface area contributed by atoms with Crippen molar-refractivity contribution in [2.45, 2.75) is 26.2 Å². The van der Waals surface area contributed by atoms with Crippen molar-refractivity contribution in [3.05, 3.63) is 12.7 Å². The molecular weight excluding hydrogens is 215 g/mol. The van der Waals surface area contributed by atoms with E-state index >= 15 is 0 Å². The minimum absolute atomic E-state index is 0. The van der Waals surface area contributed by atoms with Gasteiger partial charge in [0.25, 0.3) is 0 Å². The molecule has 0 heterocycles. The van der Waals surface area contributed by atoms with Gasteiger partial charge in [0.2, 0.25) is 0 Å². The van der Waals surface area contributed by atoms with E-state index in [0.29, 0.717) is 0 Å². The Balaban J connectivity index is -0.000000720. The van der Waals surface area contributed by atoms with E-state index in [1.807, 2.05) is 6.92 Å². The zero-order valence-electron chi connectivity index (χ0n) is 9.86. The first-order chi connectivity index (χ1) is 6.12. The molecule has 0 atom stereocenters. The van der Waals surface area contributed by atoms with Crippen molar-refractivity contribution in [2.24, 2.45) is 0 Å². The molecule has 0 saturated carbocycles. The summed E-state index contributed by atoms with van der Waals surface area (Å²) in [6.45, 7) is 5.50. The zero-order valence-corrected chi connectivity index (χ0v) is 11.7. The summed E-state index contributed by atoms with van der Waals surface area (Å²) < 4.78 is 30.6. The third-order valence-corrected chi connectivity index (χ3v) is 2.19. The molecule has 0 N–H and O–H groups in total. The van der Waals surface area contributed by atoms with Crippen LogP contribution in [0.5, 0.6) is 0 Å². The fraction of sp³-hybridized carbons (Fsp3) is 0.750. The van der Waals surface area contributed by atoms with Gasteiger partial charge in [0.15, 0.2) is 0 Å². The molecule has 0 fully saturated rings. The van der Waals surface area contributed by atoms with Crippen LogP contribution in [-0.4, -0.2) is 21.6 Å². The normalized spacial score (nSPS) is 10.6. The van der Waals surface area contributed by atoms with Crippen LogP contribution in [0, 0.1) is 0 Å². The molecule has 4 nitrogen and oxygen atoms in total. The molecule has 0 aliphatic rings. The molecule has 0 bridgehead atoms. The summed E-state index contributed by atoms with van der Waals surface area (Å²) in [7, 11) is -3.80. The fourth-order valence-corrected chi connectivity index (χ4v) is 1.33. The molecule has 14 heavy (non-hydrogen) atoms. The van der Waals surface area contributed by atoms with Crippen LogP contribution in [-0.2, 0) is 18.8 Å².